The molecule has 0 aliphatic carbocycles. The minimum absolute atomic E-state index is 0.0364. The Kier molecular flexibility index (Phi) is 19.9. The number of carboxylic acids is 2. The van der Waals surface area contributed by atoms with Gasteiger partial charge in [0.1, 0.15) is 36.0 Å². The number of benzene rings is 1. The Balaban J connectivity index is 3.10. The van der Waals surface area contributed by atoms with Crippen molar-refractivity contribution in [3.8, 4) is 5.75 Å². The van der Waals surface area contributed by atoms with Gasteiger partial charge in [-0.2, -0.15) is 25.3 Å². The van der Waals surface area contributed by atoms with Gasteiger partial charge in [-0.1, -0.05) is 32.4 Å². The number of hydrogen-bond acceptors (Lipinski definition) is 12. The van der Waals surface area contributed by atoms with Gasteiger partial charge in [0.15, 0.2) is 0 Å². The number of nitrogens with two attached hydrogens (primary N) is 2. The summed E-state index contributed by atoms with van der Waals surface area (Å²) in [5.74, 6) is -7.70. The van der Waals surface area contributed by atoms with Crippen LogP contribution in [0.15, 0.2) is 24.3 Å². The van der Waals surface area contributed by atoms with Crippen LogP contribution < -0.4 is 38.1 Å². The van der Waals surface area contributed by atoms with E-state index in [0.29, 0.717) is 24.9 Å². The summed E-state index contributed by atoms with van der Waals surface area (Å²) in [6.45, 7) is 3.59. The molecule has 1 aromatic rings. The average Bonchev–Trinajstić information content (AvgIpc) is 3.06. The molecule has 0 heterocycles. The molecule has 6 unspecified atom stereocenters. The predicted octanol–water partition coefficient (Wildman–Crippen LogP) is -1.72. The molecule has 0 aromatic heterocycles. The molecular weight excluding hydrogens is 695 g/mol. The summed E-state index contributed by atoms with van der Waals surface area (Å²) in [4.78, 5) is 88.5. The second-order valence-corrected chi connectivity index (χ2v) is 12.6. The van der Waals surface area contributed by atoms with Gasteiger partial charge in [-0.3, -0.25) is 28.8 Å². The fraction of sp³-hybridized carbons (Fsp3) is 0.581. The van der Waals surface area contributed by atoms with Crippen molar-refractivity contribution in [3.63, 3.8) is 0 Å². The molecule has 5 amide bonds. The highest BCUT2D eigenvalue weighted by Crippen LogP contribution is 2.13. The lowest BCUT2D eigenvalue weighted by Gasteiger charge is -2.26. The number of carbonyl (C=O) groups excluding carboxylic acids is 5. The average molecular weight is 744 g/mol. The van der Waals surface area contributed by atoms with Gasteiger partial charge in [0.05, 0.1) is 6.04 Å². The number of carbonyl (C=O) groups is 7. The smallest absolute Gasteiger partial charge is 0.326 e. The maximum Gasteiger partial charge on any atom is 0.326 e. The third kappa shape index (κ3) is 15.6. The van der Waals surface area contributed by atoms with Gasteiger partial charge < -0.3 is 53.4 Å². The molecule has 1 rings (SSSR count). The van der Waals surface area contributed by atoms with Crippen LogP contribution in [-0.4, -0.2) is 111 Å². The lowest BCUT2D eigenvalue weighted by atomic mass is 10.0. The number of phenols is 1. The second-order valence-electron chi connectivity index (χ2n) is 11.9. The van der Waals surface area contributed by atoms with Crippen LogP contribution in [0.2, 0.25) is 0 Å². The lowest BCUT2D eigenvalue weighted by molar-refractivity contribution is -0.143. The summed E-state index contributed by atoms with van der Waals surface area (Å²) in [6.07, 6.45) is 0.565. The van der Waals surface area contributed by atoms with Gasteiger partial charge in [-0.15, -0.1) is 0 Å². The molecule has 1 aromatic carbocycles. The summed E-state index contributed by atoms with van der Waals surface area (Å²) in [6, 6.07) is -1.87. The summed E-state index contributed by atoms with van der Waals surface area (Å²) in [5.41, 5.74) is 11.9. The maximum atomic E-state index is 13.4. The summed E-state index contributed by atoms with van der Waals surface area (Å²) < 4.78 is 0. The van der Waals surface area contributed by atoms with Gasteiger partial charge in [0.2, 0.25) is 29.5 Å². The van der Waals surface area contributed by atoms with Gasteiger partial charge >= 0.3 is 11.9 Å². The van der Waals surface area contributed by atoms with E-state index in [0.717, 1.165) is 0 Å². The van der Waals surface area contributed by atoms with Crippen molar-refractivity contribution in [2.45, 2.75) is 88.6 Å². The molecule has 0 bridgehead atoms. The highest BCUT2D eigenvalue weighted by atomic mass is 32.1. The molecule has 19 heteroatoms. The van der Waals surface area contributed by atoms with Crippen LogP contribution in [0.25, 0.3) is 0 Å². The number of aromatic hydroxyl groups is 1. The van der Waals surface area contributed by atoms with Crippen molar-refractivity contribution in [1.29, 1.82) is 0 Å². The van der Waals surface area contributed by atoms with Crippen molar-refractivity contribution in [1.82, 2.24) is 26.6 Å². The lowest BCUT2D eigenvalue weighted by Crippen LogP contribution is -2.60. The third-order valence-electron chi connectivity index (χ3n) is 7.46. The Morgan fingerprint density at radius 3 is 1.64 bits per heavy atom. The van der Waals surface area contributed by atoms with Crippen LogP contribution in [0.4, 0.5) is 0 Å². The van der Waals surface area contributed by atoms with Gasteiger partial charge in [-0.25, -0.2) is 4.79 Å². The largest absolute Gasteiger partial charge is 0.508 e. The summed E-state index contributed by atoms with van der Waals surface area (Å²) >= 11 is 8.27. The van der Waals surface area contributed by atoms with E-state index in [9.17, 15) is 43.8 Å². The Hall–Kier alpha value is -4.07. The van der Waals surface area contributed by atoms with E-state index in [-0.39, 0.29) is 36.5 Å². The van der Waals surface area contributed by atoms with E-state index < -0.39 is 90.1 Å². The number of carboxylic acid groups (broad SMARTS) is 2. The van der Waals surface area contributed by atoms with Crippen LogP contribution in [0.5, 0.6) is 5.75 Å². The first-order valence-corrected chi connectivity index (χ1v) is 17.2. The van der Waals surface area contributed by atoms with E-state index in [1.807, 2.05) is 0 Å². The fourth-order valence-electron chi connectivity index (χ4n) is 4.50. The normalized spacial score (nSPS) is 14.6. The zero-order valence-corrected chi connectivity index (χ0v) is 29.8. The van der Waals surface area contributed by atoms with Crippen molar-refractivity contribution in [2.75, 3.05) is 18.1 Å². The number of hydrogen-bond donors (Lipinski definition) is 12. The Bertz CT molecular complexity index is 1320. The molecule has 280 valence electrons. The fourth-order valence-corrected chi connectivity index (χ4v) is 5.02. The van der Waals surface area contributed by atoms with Gasteiger partial charge in [0.25, 0.3) is 0 Å². The molecule has 50 heavy (non-hydrogen) atoms. The first-order valence-electron chi connectivity index (χ1n) is 16.0. The molecule has 17 nitrogen and oxygen atoms in total. The topological polar surface area (TPSA) is 292 Å². The quantitative estimate of drug-likeness (QED) is 0.0440. The van der Waals surface area contributed by atoms with Crippen molar-refractivity contribution in [3.05, 3.63) is 29.8 Å². The summed E-state index contributed by atoms with van der Waals surface area (Å²) in [7, 11) is 0. The number of unbranched alkanes of at least 4 members (excludes halogenated alkanes) is 1. The summed E-state index contributed by atoms with van der Waals surface area (Å²) in [5, 5.41) is 40.5. The number of phenolic OH excluding ortho intramolecular Hbond substituents is 1. The molecule has 0 aliphatic rings. The van der Waals surface area contributed by atoms with Crippen molar-refractivity contribution < 1.29 is 48.9 Å². The third-order valence-corrected chi connectivity index (χ3v) is 8.19. The first-order chi connectivity index (χ1) is 23.5. The number of amides is 5. The molecule has 0 fully saturated rings. The van der Waals surface area contributed by atoms with Gasteiger partial charge in [0, 0.05) is 24.3 Å². The van der Waals surface area contributed by atoms with Crippen LogP contribution >= 0.6 is 25.3 Å². The van der Waals surface area contributed by atoms with Gasteiger partial charge in [-0.05, 0) is 49.4 Å². The molecule has 0 spiro atoms. The molecule has 0 saturated heterocycles. The minimum Gasteiger partial charge on any atom is -0.508 e. The molecule has 6 atom stereocenters. The number of rotatable bonds is 23. The number of nitrogens with one attached hydrogen (secondary N) is 5. The zero-order valence-electron chi connectivity index (χ0n) is 28.0. The highest BCUT2D eigenvalue weighted by Gasteiger charge is 2.33. The van der Waals surface area contributed by atoms with E-state index >= 15 is 0 Å². The molecule has 0 aliphatic heterocycles. The van der Waals surface area contributed by atoms with Crippen LogP contribution in [0.3, 0.4) is 0 Å². The molecular formula is C31H49N7O10S2. The van der Waals surface area contributed by atoms with Crippen LogP contribution in [0.1, 0.15) is 51.5 Å². The molecule has 0 radical (unpaired) electrons. The van der Waals surface area contributed by atoms with E-state index in [1.54, 1.807) is 13.8 Å². The highest BCUT2D eigenvalue weighted by molar-refractivity contribution is 7.80. The number of aliphatic carboxylic acids is 2. The SMILES string of the molecule is CC(C)C(NC(=O)C(Cc1ccc(O)cc1)NC(=O)C(CS)NC(=O)C(CS)NC(=O)C(CCC(=O)O)NC(=O)C(N)CCCCN)C(=O)O. The van der Waals surface area contributed by atoms with Crippen LogP contribution in [-0.2, 0) is 40.0 Å². The second kappa shape index (κ2) is 22.6. The first kappa shape index (κ1) is 44.0. The molecule has 12 N–H and O–H groups in total. The van der Waals surface area contributed by atoms with E-state index in [4.69, 9.17) is 16.6 Å². The number of thiol groups is 2. The standard InChI is InChI=1S/C31H49N7O10S2/c1-16(2)25(31(47)48)38-28(44)21(13-17-6-8-18(39)9-7-17)35-29(45)22(14-49)37-30(46)23(15-50)36-27(43)20(10-11-24(40)41)34-26(42)19(33)5-3-4-12-32/h6-9,16,19-23,25,39,49-50H,3-5,10-15,32-33H2,1-2H3,(H,34,42)(H,35,45)(H,36,43)(H,37,46)(H,38,44)(H,40,41)(H,47,48). The Labute approximate surface area is 301 Å². The van der Waals surface area contributed by atoms with E-state index in [2.05, 4.69) is 51.8 Å². The zero-order chi connectivity index (χ0) is 38.0. The minimum atomic E-state index is -1.36. The van der Waals surface area contributed by atoms with E-state index in [1.165, 1.54) is 24.3 Å². The van der Waals surface area contributed by atoms with Crippen LogP contribution in [0, 0.1) is 5.92 Å². The maximum absolute atomic E-state index is 13.4. The Morgan fingerprint density at radius 1 is 0.700 bits per heavy atom. The monoisotopic (exact) mass is 743 g/mol. The Morgan fingerprint density at radius 2 is 1.18 bits per heavy atom. The van der Waals surface area contributed by atoms with Crippen molar-refractivity contribution >= 4 is 66.7 Å². The predicted molar refractivity (Wildman–Crippen MR) is 189 cm³/mol. The van der Waals surface area contributed by atoms with Crippen molar-refractivity contribution in [2.24, 2.45) is 17.4 Å². The molecule has 0 saturated carbocycles.